The smallest absolute Gasteiger partial charge is 0.119 e. The van der Waals surface area contributed by atoms with Crippen molar-refractivity contribution >= 4 is 15.9 Å². The summed E-state index contributed by atoms with van der Waals surface area (Å²) < 4.78 is 6.48. The van der Waals surface area contributed by atoms with Crippen molar-refractivity contribution in [3.8, 4) is 5.75 Å². The molecule has 1 aromatic carbocycles. The second kappa shape index (κ2) is 6.58. The zero-order valence-electron chi connectivity index (χ0n) is 11.3. The van der Waals surface area contributed by atoms with Gasteiger partial charge < -0.3 is 9.64 Å². The minimum absolute atomic E-state index is 0.739. The van der Waals surface area contributed by atoms with Crippen LogP contribution in [-0.2, 0) is 6.42 Å². The van der Waals surface area contributed by atoms with E-state index in [0.29, 0.717) is 0 Å². The minimum atomic E-state index is 0.739. The van der Waals surface area contributed by atoms with Crippen molar-refractivity contribution in [2.75, 3.05) is 20.2 Å². The highest BCUT2D eigenvalue weighted by Gasteiger charge is 2.17. The summed E-state index contributed by atoms with van der Waals surface area (Å²) in [4.78, 5) is 2.61. The van der Waals surface area contributed by atoms with Crippen LogP contribution in [0.3, 0.4) is 0 Å². The van der Waals surface area contributed by atoms with Gasteiger partial charge in [-0.15, -0.1) is 0 Å². The Morgan fingerprint density at radius 1 is 1.39 bits per heavy atom. The van der Waals surface area contributed by atoms with Gasteiger partial charge in [0.15, 0.2) is 0 Å². The highest BCUT2D eigenvalue weighted by Crippen LogP contribution is 2.24. The zero-order chi connectivity index (χ0) is 13.0. The Hall–Kier alpha value is -0.540. The van der Waals surface area contributed by atoms with Gasteiger partial charge in [0.05, 0.1) is 7.11 Å². The normalized spacial score (nSPS) is 20.9. The lowest BCUT2D eigenvalue weighted by molar-refractivity contribution is 0.162. The monoisotopic (exact) mass is 311 g/mol. The molecule has 0 N–H and O–H groups in total. The molecule has 1 heterocycles. The Morgan fingerprint density at radius 3 is 2.94 bits per heavy atom. The predicted molar refractivity (Wildman–Crippen MR) is 79.3 cm³/mol. The molecule has 18 heavy (non-hydrogen) atoms. The number of ether oxygens (including phenoxy) is 1. The maximum Gasteiger partial charge on any atom is 0.119 e. The molecule has 0 saturated carbocycles. The number of likely N-dealkylation sites (tertiary alicyclic amines) is 1. The topological polar surface area (TPSA) is 12.5 Å². The summed E-state index contributed by atoms with van der Waals surface area (Å²) in [5.74, 6) is 0.944. The van der Waals surface area contributed by atoms with Crippen LogP contribution in [0.15, 0.2) is 22.7 Å². The van der Waals surface area contributed by atoms with Crippen LogP contribution in [0.4, 0.5) is 0 Å². The number of halogens is 1. The van der Waals surface area contributed by atoms with Crippen LogP contribution in [0.1, 0.15) is 31.7 Å². The Morgan fingerprint density at radius 2 is 2.22 bits per heavy atom. The van der Waals surface area contributed by atoms with Gasteiger partial charge in [-0.3, -0.25) is 0 Å². The van der Waals surface area contributed by atoms with E-state index in [2.05, 4.69) is 39.9 Å². The third-order valence-corrected chi connectivity index (χ3v) is 4.64. The lowest BCUT2D eigenvalue weighted by Crippen LogP contribution is -2.38. The van der Waals surface area contributed by atoms with Crippen LogP contribution in [0.5, 0.6) is 5.75 Å². The molecule has 1 aliphatic rings. The van der Waals surface area contributed by atoms with Crippen molar-refractivity contribution in [2.24, 2.45) is 0 Å². The van der Waals surface area contributed by atoms with Crippen LogP contribution in [-0.4, -0.2) is 31.1 Å². The van der Waals surface area contributed by atoms with E-state index in [1.165, 1.54) is 35.8 Å². The maximum atomic E-state index is 5.29. The third kappa shape index (κ3) is 3.48. The Bertz CT molecular complexity index is 394. The molecule has 0 radical (unpaired) electrons. The van der Waals surface area contributed by atoms with Gasteiger partial charge in [0, 0.05) is 17.1 Å². The predicted octanol–water partition coefficient (Wildman–Crippen LogP) is 3.87. The van der Waals surface area contributed by atoms with Gasteiger partial charge in [-0.25, -0.2) is 0 Å². The molecule has 3 heteroatoms. The maximum absolute atomic E-state index is 5.29. The van der Waals surface area contributed by atoms with Crippen molar-refractivity contribution in [3.05, 3.63) is 28.2 Å². The van der Waals surface area contributed by atoms with Gasteiger partial charge in [-0.1, -0.05) is 22.4 Å². The van der Waals surface area contributed by atoms with Crippen molar-refractivity contribution < 1.29 is 4.74 Å². The van der Waals surface area contributed by atoms with Crippen LogP contribution in [0.2, 0.25) is 0 Å². The molecule has 0 amide bonds. The number of hydrogen-bond acceptors (Lipinski definition) is 2. The average molecular weight is 312 g/mol. The SMILES string of the molecule is COc1ccc(Br)c(CCN2CCCCC2C)c1. The molecule has 0 aliphatic carbocycles. The minimum Gasteiger partial charge on any atom is -0.497 e. The van der Waals surface area contributed by atoms with Crippen LogP contribution in [0, 0.1) is 0 Å². The summed E-state index contributed by atoms with van der Waals surface area (Å²) in [7, 11) is 1.72. The van der Waals surface area contributed by atoms with Crippen LogP contribution < -0.4 is 4.74 Å². The van der Waals surface area contributed by atoms with Crippen molar-refractivity contribution in [1.82, 2.24) is 4.90 Å². The van der Waals surface area contributed by atoms with E-state index in [4.69, 9.17) is 4.74 Å². The second-order valence-electron chi connectivity index (χ2n) is 5.09. The van der Waals surface area contributed by atoms with E-state index in [-0.39, 0.29) is 0 Å². The molecular weight excluding hydrogens is 290 g/mol. The fourth-order valence-electron chi connectivity index (χ4n) is 2.62. The van der Waals surface area contributed by atoms with E-state index in [0.717, 1.165) is 24.8 Å². The summed E-state index contributed by atoms with van der Waals surface area (Å²) in [6.45, 7) is 4.75. The van der Waals surface area contributed by atoms with Gasteiger partial charge >= 0.3 is 0 Å². The molecule has 1 saturated heterocycles. The zero-order valence-corrected chi connectivity index (χ0v) is 12.9. The van der Waals surface area contributed by atoms with Gasteiger partial charge in [-0.05, 0) is 56.5 Å². The molecule has 1 aliphatic heterocycles. The molecule has 2 nitrogen and oxygen atoms in total. The Labute approximate surface area is 118 Å². The van der Waals surface area contributed by atoms with Gasteiger partial charge in [0.2, 0.25) is 0 Å². The number of piperidine rings is 1. The molecule has 1 unspecified atom stereocenters. The van der Waals surface area contributed by atoms with Crippen LogP contribution >= 0.6 is 15.9 Å². The molecule has 2 rings (SSSR count). The van der Waals surface area contributed by atoms with E-state index in [9.17, 15) is 0 Å². The molecular formula is C15H22BrNO. The summed E-state index contributed by atoms with van der Waals surface area (Å²) in [6, 6.07) is 6.95. The first-order valence-electron chi connectivity index (χ1n) is 6.77. The first-order chi connectivity index (χ1) is 8.70. The van der Waals surface area contributed by atoms with Gasteiger partial charge in [0.25, 0.3) is 0 Å². The first-order valence-corrected chi connectivity index (χ1v) is 7.56. The van der Waals surface area contributed by atoms with Gasteiger partial charge in [0.1, 0.15) is 5.75 Å². The number of hydrogen-bond donors (Lipinski definition) is 0. The lowest BCUT2D eigenvalue weighted by Gasteiger charge is -2.33. The molecule has 1 atom stereocenters. The second-order valence-corrected chi connectivity index (χ2v) is 5.94. The summed E-state index contributed by atoms with van der Waals surface area (Å²) in [5.41, 5.74) is 1.34. The van der Waals surface area contributed by atoms with Gasteiger partial charge in [-0.2, -0.15) is 0 Å². The lowest BCUT2D eigenvalue weighted by atomic mass is 10.0. The van der Waals surface area contributed by atoms with E-state index >= 15 is 0 Å². The number of benzene rings is 1. The fourth-order valence-corrected chi connectivity index (χ4v) is 3.07. The third-order valence-electron chi connectivity index (χ3n) is 3.86. The van der Waals surface area contributed by atoms with E-state index in [1.54, 1.807) is 7.11 Å². The fraction of sp³-hybridized carbons (Fsp3) is 0.600. The number of rotatable bonds is 4. The summed E-state index contributed by atoms with van der Waals surface area (Å²) in [5, 5.41) is 0. The highest BCUT2D eigenvalue weighted by atomic mass is 79.9. The first kappa shape index (κ1) is 13.9. The van der Waals surface area contributed by atoms with Crippen molar-refractivity contribution in [3.63, 3.8) is 0 Å². The largest absolute Gasteiger partial charge is 0.497 e. The average Bonchev–Trinajstić information content (AvgIpc) is 2.39. The quantitative estimate of drug-likeness (QED) is 0.837. The molecule has 100 valence electrons. The standard InChI is InChI=1S/C15H22BrNO/c1-12-5-3-4-9-17(12)10-8-13-11-14(18-2)6-7-15(13)16/h6-7,11-12H,3-5,8-10H2,1-2H3. The molecule has 0 spiro atoms. The molecule has 0 aromatic heterocycles. The molecule has 0 bridgehead atoms. The molecule has 1 aromatic rings. The summed E-state index contributed by atoms with van der Waals surface area (Å²) in [6.07, 6.45) is 5.17. The van der Waals surface area contributed by atoms with Crippen LogP contribution in [0.25, 0.3) is 0 Å². The van der Waals surface area contributed by atoms with E-state index < -0.39 is 0 Å². The van der Waals surface area contributed by atoms with E-state index in [1.807, 2.05) is 6.07 Å². The Kier molecular flexibility index (Phi) is 5.07. The highest BCUT2D eigenvalue weighted by molar-refractivity contribution is 9.10. The van der Waals surface area contributed by atoms with Crippen molar-refractivity contribution in [1.29, 1.82) is 0 Å². The Balaban J connectivity index is 1.96. The number of methoxy groups -OCH3 is 1. The number of nitrogens with zero attached hydrogens (tertiary/aromatic N) is 1. The molecule has 1 fully saturated rings. The summed E-state index contributed by atoms with van der Waals surface area (Å²) >= 11 is 3.63. The van der Waals surface area contributed by atoms with Crippen molar-refractivity contribution in [2.45, 2.75) is 38.6 Å².